The minimum atomic E-state index is -1.37. The first-order valence-electron chi connectivity index (χ1n) is 8.26. The summed E-state index contributed by atoms with van der Waals surface area (Å²) >= 11 is 0. The average molecular weight is 379 g/mol. The third-order valence-corrected chi connectivity index (χ3v) is 4.37. The zero-order valence-electron chi connectivity index (χ0n) is 15.1. The lowest BCUT2D eigenvalue weighted by Gasteiger charge is -2.47. The summed E-state index contributed by atoms with van der Waals surface area (Å²) < 4.78 is 27.1. The number of amides is 1. The van der Waals surface area contributed by atoms with Crippen LogP contribution in [0.5, 0.6) is 5.75 Å². The molecule has 1 saturated heterocycles. The zero-order chi connectivity index (χ0) is 19.8. The van der Waals surface area contributed by atoms with Crippen molar-refractivity contribution in [2.75, 3.05) is 7.11 Å². The van der Waals surface area contributed by atoms with Gasteiger partial charge in [-0.25, -0.2) is 9.59 Å². The lowest BCUT2D eigenvalue weighted by molar-refractivity contribution is -0.304. The van der Waals surface area contributed by atoms with Crippen molar-refractivity contribution < 1.29 is 33.3 Å². The van der Waals surface area contributed by atoms with Crippen molar-refractivity contribution in [1.82, 2.24) is 0 Å². The smallest absolute Gasteiger partial charge is 0.404 e. The van der Waals surface area contributed by atoms with Gasteiger partial charge in [0.2, 0.25) is 6.29 Å². The number of hydrogen-bond donors (Lipinski definition) is 2. The molecule has 27 heavy (non-hydrogen) atoms. The Morgan fingerprint density at radius 2 is 1.96 bits per heavy atom. The third-order valence-electron chi connectivity index (χ3n) is 4.37. The fourth-order valence-electron chi connectivity index (χ4n) is 3.19. The van der Waals surface area contributed by atoms with Gasteiger partial charge in [-0.05, 0) is 32.0 Å². The predicted molar refractivity (Wildman–Crippen MR) is 93.3 cm³/mol. The van der Waals surface area contributed by atoms with Gasteiger partial charge >= 0.3 is 11.7 Å². The summed E-state index contributed by atoms with van der Waals surface area (Å²) in [6.45, 7) is 3.42. The minimum absolute atomic E-state index is 0.297. The number of methoxy groups -OCH3 is 1. The van der Waals surface area contributed by atoms with Gasteiger partial charge in [-0.15, -0.1) is 0 Å². The molecular weight excluding hydrogens is 358 g/mol. The molecule has 1 aromatic carbocycles. The van der Waals surface area contributed by atoms with E-state index in [1.165, 1.54) is 19.2 Å². The van der Waals surface area contributed by atoms with Gasteiger partial charge in [-0.2, -0.15) is 0 Å². The van der Waals surface area contributed by atoms with E-state index in [-0.39, 0.29) is 0 Å². The van der Waals surface area contributed by atoms with Crippen LogP contribution in [-0.4, -0.2) is 48.5 Å². The maximum Gasteiger partial charge on any atom is 0.404 e. The van der Waals surface area contributed by atoms with E-state index in [0.717, 1.165) is 0 Å². The number of ether oxygens (including phenoxy) is 4. The number of primary amides is 1. The Kier molecular flexibility index (Phi) is 5.09. The number of fused-ring (bicyclic) bond motifs is 1. The van der Waals surface area contributed by atoms with E-state index in [9.17, 15) is 14.7 Å². The second-order valence-electron chi connectivity index (χ2n) is 6.71. The molecule has 1 aliphatic rings. The first kappa shape index (κ1) is 19.2. The van der Waals surface area contributed by atoms with Crippen LogP contribution in [0.4, 0.5) is 4.79 Å². The minimum Gasteiger partial charge on any atom is -0.462 e. The molecule has 3 N–H and O–H groups in total. The second kappa shape index (κ2) is 7.18. The summed E-state index contributed by atoms with van der Waals surface area (Å²) in [6.07, 6.45) is -5.46. The summed E-state index contributed by atoms with van der Waals surface area (Å²) in [5.41, 5.74) is 3.99. The number of carbonyl (C=O) groups excluding carboxylic acids is 1. The zero-order valence-corrected chi connectivity index (χ0v) is 15.1. The Bertz CT molecular complexity index is 892. The van der Waals surface area contributed by atoms with E-state index >= 15 is 0 Å². The van der Waals surface area contributed by atoms with Crippen molar-refractivity contribution in [3.63, 3.8) is 0 Å². The number of nitrogens with two attached hydrogens (primary N) is 1. The Morgan fingerprint density at radius 1 is 1.26 bits per heavy atom. The monoisotopic (exact) mass is 379 g/mol. The van der Waals surface area contributed by atoms with Gasteiger partial charge in [0.05, 0.1) is 5.60 Å². The van der Waals surface area contributed by atoms with Crippen LogP contribution >= 0.6 is 0 Å². The molecule has 3 rings (SSSR count). The highest BCUT2D eigenvalue weighted by Gasteiger charge is 2.53. The van der Waals surface area contributed by atoms with Crippen molar-refractivity contribution in [2.24, 2.45) is 5.73 Å². The molecule has 0 saturated carbocycles. The SMILES string of the molecule is CO[C@@H]1[C@@H](OC(N)=O)[C@@H](O)[C@H](Oc2ccc3ccc(=O)oc3c2)OC1(C)C. The topological polar surface area (TPSA) is 130 Å². The second-order valence-corrected chi connectivity index (χ2v) is 6.71. The number of benzene rings is 1. The Balaban J connectivity index is 1.89. The van der Waals surface area contributed by atoms with Gasteiger partial charge < -0.3 is 34.2 Å². The van der Waals surface area contributed by atoms with Crippen LogP contribution < -0.4 is 16.1 Å². The van der Waals surface area contributed by atoms with Crippen LogP contribution in [0.1, 0.15) is 13.8 Å². The van der Waals surface area contributed by atoms with Crippen molar-refractivity contribution in [3.05, 3.63) is 40.8 Å². The van der Waals surface area contributed by atoms with Gasteiger partial charge in [0, 0.05) is 24.6 Å². The lowest BCUT2D eigenvalue weighted by Crippen LogP contribution is -2.65. The molecule has 0 radical (unpaired) electrons. The van der Waals surface area contributed by atoms with E-state index in [1.807, 2.05) is 0 Å². The molecule has 0 bridgehead atoms. The molecule has 1 aromatic heterocycles. The van der Waals surface area contributed by atoms with Crippen molar-refractivity contribution in [3.8, 4) is 5.75 Å². The van der Waals surface area contributed by atoms with Crippen LogP contribution in [0.15, 0.2) is 39.5 Å². The molecule has 9 heteroatoms. The molecule has 1 aliphatic heterocycles. The number of aliphatic hydroxyl groups is 1. The van der Waals surface area contributed by atoms with Gasteiger partial charge in [0.15, 0.2) is 12.2 Å². The maximum atomic E-state index is 11.4. The highest BCUT2D eigenvalue weighted by molar-refractivity contribution is 5.77. The van der Waals surface area contributed by atoms with Crippen molar-refractivity contribution in [2.45, 2.75) is 44.1 Å². The first-order chi connectivity index (χ1) is 12.7. The molecular formula is C18H21NO8. The van der Waals surface area contributed by atoms with E-state index in [0.29, 0.717) is 16.7 Å². The van der Waals surface area contributed by atoms with Crippen molar-refractivity contribution in [1.29, 1.82) is 0 Å². The van der Waals surface area contributed by atoms with Crippen molar-refractivity contribution >= 4 is 17.1 Å². The van der Waals surface area contributed by atoms with Crippen LogP contribution in [0.2, 0.25) is 0 Å². The van der Waals surface area contributed by atoms with Gasteiger partial charge in [0.25, 0.3) is 0 Å². The highest BCUT2D eigenvalue weighted by atomic mass is 16.7. The molecule has 0 aliphatic carbocycles. The van der Waals surface area contributed by atoms with Gasteiger partial charge in [0.1, 0.15) is 17.4 Å². The predicted octanol–water partition coefficient (Wildman–Crippen LogP) is 1.15. The van der Waals surface area contributed by atoms with Crippen LogP contribution in [0, 0.1) is 0 Å². The van der Waals surface area contributed by atoms with Gasteiger partial charge in [-0.3, -0.25) is 0 Å². The molecule has 1 amide bonds. The molecule has 146 valence electrons. The van der Waals surface area contributed by atoms with E-state index < -0.39 is 41.9 Å². The summed E-state index contributed by atoms with van der Waals surface area (Å²) in [5.74, 6) is 0.297. The molecule has 4 atom stereocenters. The van der Waals surface area contributed by atoms with E-state index in [1.54, 1.807) is 32.0 Å². The lowest BCUT2D eigenvalue weighted by atomic mass is 9.89. The number of carbonyl (C=O) groups is 1. The molecule has 2 heterocycles. The van der Waals surface area contributed by atoms with Gasteiger partial charge in [-0.1, -0.05) is 0 Å². The Labute approximate surface area is 154 Å². The number of hydrogen-bond acceptors (Lipinski definition) is 8. The summed E-state index contributed by atoms with van der Waals surface area (Å²) in [5, 5.41) is 11.3. The molecule has 0 unspecified atom stereocenters. The molecule has 0 spiro atoms. The van der Waals surface area contributed by atoms with E-state index in [2.05, 4.69) is 0 Å². The quantitative estimate of drug-likeness (QED) is 0.757. The Morgan fingerprint density at radius 3 is 2.63 bits per heavy atom. The standard InChI is InChI=1S/C18H21NO8/c1-18(2)15(23-3)14(26-17(19)22)13(21)16(27-18)24-10-6-4-9-5-7-12(20)25-11(9)8-10/h4-8,13-16,21H,1-3H3,(H2,19,22)/t13-,14+,15-,16-/m1/s1. The fourth-order valence-corrected chi connectivity index (χ4v) is 3.19. The molecule has 1 fully saturated rings. The number of aliphatic hydroxyl groups excluding tert-OH is 1. The third kappa shape index (κ3) is 3.90. The number of rotatable bonds is 4. The maximum absolute atomic E-state index is 11.4. The largest absolute Gasteiger partial charge is 0.462 e. The van der Waals surface area contributed by atoms with Crippen LogP contribution in [-0.2, 0) is 14.2 Å². The van der Waals surface area contributed by atoms with E-state index in [4.69, 9.17) is 29.1 Å². The average Bonchev–Trinajstić information content (AvgIpc) is 2.58. The Hall–Kier alpha value is -2.62. The normalized spacial score (nSPS) is 27.3. The van der Waals surface area contributed by atoms with Crippen LogP contribution in [0.25, 0.3) is 11.0 Å². The first-order valence-corrected chi connectivity index (χ1v) is 8.26. The summed E-state index contributed by atoms with van der Waals surface area (Å²) in [7, 11) is 1.41. The molecule has 2 aromatic rings. The molecule has 9 nitrogen and oxygen atoms in total. The summed E-state index contributed by atoms with van der Waals surface area (Å²) in [6, 6.07) is 7.78. The fraction of sp³-hybridized carbons (Fsp3) is 0.444. The van der Waals surface area contributed by atoms with Crippen LogP contribution in [0.3, 0.4) is 0 Å². The highest BCUT2D eigenvalue weighted by Crippen LogP contribution is 2.34. The summed E-state index contributed by atoms with van der Waals surface area (Å²) in [4.78, 5) is 22.6.